The van der Waals surface area contributed by atoms with Gasteiger partial charge in [0.25, 0.3) is 0 Å². The smallest absolute Gasteiger partial charge is 0.129 e. The molecule has 1 unspecified atom stereocenters. The van der Waals surface area contributed by atoms with Gasteiger partial charge in [0.1, 0.15) is 5.82 Å². The molecule has 1 heterocycles. The monoisotopic (exact) mass is 380 g/mol. The van der Waals surface area contributed by atoms with Crippen LogP contribution < -0.4 is 0 Å². The molecule has 2 aromatic rings. The van der Waals surface area contributed by atoms with Crippen LogP contribution in [0.2, 0.25) is 5.02 Å². The highest BCUT2D eigenvalue weighted by Crippen LogP contribution is 2.21. The molecule has 134 valence electrons. The third-order valence-electron chi connectivity index (χ3n) is 4.51. The van der Waals surface area contributed by atoms with Crippen LogP contribution in [0.3, 0.4) is 0 Å². The Hall–Kier alpha value is -1.27. The molecule has 1 aliphatic heterocycles. The standard InChI is InChI=1S/C19H22ClFN2OS/c20-18-7-4-8-19(21)17(18)15-23-11-9-22(10-12-23)13-14-25(24)16-5-2-1-3-6-16/h1-8H,9-15H2. The van der Waals surface area contributed by atoms with Crippen molar-refractivity contribution in [3.63, 3.8) is 0 Å². The van der Waals surface area contributed by atoms with Crippen LogP contribution in [0.1, 0.15) is 5.56 Å². The minimum atomic E-state index is -0.954. The Morgan fingerprint density at radius 3 is 2.32 bits per heavy atom. The average molecular weight is 381 g/mol. The predicted molar refractivity (Wildman–Crippen MR) is 101 cm³/mol. The van der Waals surface area contributed by atoms with E-state index < -0.39 is 10.8 Å². The zero-order valence-electron chi connectivity index (χ0n) is 14.0. The van der Waals surface area contributed by atoms with E-state index >= 15 is 0 Å². The first-order valence-electron chi connectivity index (χ1n) is 8.44. The van der Waals surface area contributed by atoms with E-state index in [1.165, 1.54) is 6.07 Å². The lowest BCUT2D eigenvalue weighted by atomic mass is 10.2. The minimum absolute atomic E-state index is 0.242. The van der Waals surface area contributed by atoms with E-state index in [0.717, 1.165) is 37.6 Å². The largest absolute Gasteiger partial charge is 0.300 e. The summed E-state index contributed by atoms with van der Waals surface area (Å²) >= 11 is 6.11. The second-order valence-corrected chi connectivity index (χ2v) is 8.16. The number of nitrogens with zero attached hydrogens (tertiary/aromatic N) is 2. The summed E-state index contributed by atoms with van der Waals surface area (Å²) in [5.74, 6) is 0.400. The van der Waals surface area contributed by atoms with E-state index in [1.807, 2.05) is 30.3 Å². The molecule has 0 N–H and O–H groups in total. The Bertz CT molecular complexity index is 700. The van der Waals surface area contributed by atoms with Crippen LogP contribution in [0.5, 0.6) is 0 Å². The molecule has 0 aliphatic carbocycles. The molecular weight excluding hydrogens is 359 g/mol. The van der Waals surface area contributed by atoms with Crippen molar-refractivity contribution in [2.75, 3.05) is 38.5 Å². The topological polar surface area (TPSA) is 23.6 Å². The molecule has 0 spiro atoms. The summed E-state index contributed by atoms with van der Waals surface area (Å²) in [7, 11) is -0.954. The van der Waals surface area contributed by atoms with Crippen LogP contribution in [0.25, 0.3) is 0 Å². The van der Waals surface area contributed by atoms with E-state index in [9.17, 15) is 8.60 Å². The number of rotatable bonds is 6. The van der Waals surface area contributed by atoms with Crippen LogP contribution in [0, 0.1) is 5.82 Å². The van der Waals surface area contributed by atoms with Gasteiger partial charge in [-0.15, -0.1) is 0 Å². The Labute approximate surface area is 155 Å². The van der Waals surface area contributed by atoms with Crippen LogP contribution in [-0.4, -0.2) is 52.5 Å². The fourth-order valence-corrected chi connectivity index (χ4v) is 4.32. The third kappa shape index (κ3) is 5.11. The van der Waals surface area contributed by atoms with Crippen molar-refractivity contribution in [2.45, 2.75) is 11.4 Å². The SMILES string of the molecule is O=S(CCN1CCN(Cc2c(F)cccc2Cl)CC1)c1ccccc1. The average Bonchev–Trinajstić information content (AvgIpc) is 2.64. The predicted octanol–water partition coefficient (Wildman–Crippen LogP) is 3.40. The van der Waals surface area contributed by atoms with Crippen molar-refractivity contribution in [2.24, 2.45) is 0 Å². The molecule has 0 saturated carbocycles. The van der Waals surface area contributed by atoms with Gasteiger partial charge in [-0.1, -0.05) is 35.9 Å². The molecule has 0 radical (unpaired) electrons. The number of piperazine rings is 1. The maximum absolute atomic E-state index is 13.9. The van der Waals surface area contributed by atoms with Gasteiger partial charge >= 0.3 is 0 Å². The molecule has 1 fully saturated rings. The lowest BCUT2D eigenvalue weighted by Crippen LogP contribution is -2.47. The van der Waals surface area contributed by atoms with Crippen molar-refractivity contribution in [1.29, 1.82) is 0 Å². The summed E-state index contributed by atoms with van der Waals surface area (Å²) in [6, 6.07) is 14.4. The van der Waals surface area contributed by atoms with Crippen LogP contribution in [0.4, 0.5) is 4.39 Å². The van der Waals surface area contributed by atoms with E-state index in [2.05, 4.69) is 9.80 Å². The Morgan fingerprint density at radius 2 is 1.64 bits per heavy atom. The first kappa shape index (κ1) is 18.5. The molecule has 1 aliphatic rings. The summed E-state index contributed by atoms with van der Waals surface area (Å²) < 4.78 is 26.2. The number of hydrogen-bond acceptors (Lipinski definition) is 3. The summed E-state index contributed by atoms with van der Waals surface area (Å²) in [5, 5.41) is 0.487. The highest BCUT2D eigenvalue weighted by atomic mass is 35.5. The number of hydrogen-bond donors (Lipinski definition) is 0. The zero-order valence-corrected chi connectivity index (χ0v) is 15.6. The summed E-state index contributed by atoms with van der Waals surface area (Å²) in [6.45, 7) is 4.88. The van der Waals surface area contributed by atoms with Crippen molar-refractivity contribution in [3.8, 4) is 0 Å². The van der Waals surface area contributed by atoms with Crippen LogP contribution in [-0.2, 0) is 17.3 Å². The molecule has 6 heteroatoms. The van der Waals surface area contributed by atoms with E-state index in [4.69, 9.17) is 11.6 Å². The molecule has 0 amide bonds. The van der Waals surface area contributed by atoms with Gasteiger partial charge in [0.05, 0.1) is 10.8 Å². The normalized spacial score (nSPS) is 17.5. The highest BCUT2D eigenvalue weighted by Gasteiger charge is 2.19. The lowest BCUT2D eigenvalue weighted by Gasteiger charge is -2.34. The Kier molecular flexibility index (Phi) is 6.59. The quantitative estimate of drug-likeness (QED) is 0.767. The molecule has 3 nitrogen and oxygen atoms in total. The van der Waals surface area contributed by atoms with E-state index in [-0.39, 0.29) is 5.82 Å². The highest BCUT2D eigenvalue weighted by molar-refractivity contribution is 7.85. The molecule has 2 aromatic carbocycles. The molecule has 25 heavy (non-hydrogen) atoms. The zero-order chi connectivity index (χ0) is 17.6. The van der Waals surface area contributed by atoms with Crippen molar-refractivity contribution < 1.29 is 8.60 Å². The van der Waals surface area contributed by atoms with Gasteiger partial charge in [-0.05, 0) is 24.3 Å². The van der Waals surface area contributed by atoms with Gasteiger partial charge in [-0.25, -0.2) is 4.39 Å². The van der Waals surface area contributed by atoms with Crippen molar-refractivity contribution in [3.05, 3.63) is 64.9 Å². The summed E-state index contributed by atoms with van der Waals surface area (Å²) in [6.07, 6.45) is 0. The maximum Gasteiger partial charge on any atom is 0.129 e. The van der Waals surface area contributed by atoms with E-state index in [0.29, 0.717) is 22.9 Å². The lowest BCUT2D eigenvalue weighted by molar-refractivity contribution is 0.131. The molecule has 1 saturated heterocycles. The van der Waals surface area contributed by atoms with Gasteiger partial charge < -0.3 is 0 Å². The van der Waals surface area contributed by atoms with Gasteiger partial charge in [-0.3, -0.25) is 14.0 Å². The molecule has 3 rings (SSSR count). The first-order valence-corrected chi connectivity index (χ1v) is 10.1. The van der Waals surface area contributed by atoms with Crippen molar-refractivity contribution in [1.82, 2.24) is 9.80 Å². The maximum atomic E-state index is 13.9. The van der Waals surface area contributed by atoms with Gasteiger partial charge in [-0.2, -0.15) is 0 Å². The second-order valence-electron chi connectivity index (χ2n) is 6.18. The molecule has 1 atom stereocenters. The van der Waals surface area contributed by atoms with E-state index in [1.54, 1.807) is 12.1 Å². The molecular formula is C19H22ClFN2OS. The van der Waals surface area contributed by atoms with Gasteiger partial charge in [0, 0.05) is 60.5 Å². The van der Waals surface area contributed by atoms with Crippen molar-refractivity contribution >= 4 is 22.4 Å². The first-order chi connectivity index (χ1) is 12.1. The number of benzene rings is 2. The second kappa shape index (κ2) is 8.90. The fraction of sp³-hybridized carbons (Fsp3) is 0.368. The van der Waals surface area contributed by atoms with Crippen LogP contribution in [0.15, 0.2) is 53.4 Å². The molecule has 0 aromatic heterocycles. The number of halogens is 2. The molecule has 0 bridgehead atoms. The minimum Gasteiger partial charge on any atom is -0.300 e. The summed E-state index contributed by atoms with van der Waals surface area (Å²) in [5.41, 5.74) is 0.572. The van der Waals surface area contributed by atoms with Gasteiger partial charge in [0.2, 0.25) is 0 Å². The third-order valence-corrected chi connectivity index (χ3v) is 6.21. The summed E-state index contributed by atoms with van der Waals surface area (Å²) in [4.78, 5) is 5.42. The van der Waals surface area contributed by atoms with Gasteiger partial charge in [0.15, 0.2) is 0 Å². The Balaban J connectivity index is 1.45. The Morgan fingerprint density at radius 1 is 0.960 bits per heavy atom. The fourth-order valence-electron chi connectivity index (χ4n) is 2.98. The van der Waals surface area contributed by atoms with Crippen LogP contribution >= 0.6 is 11.6 Å².